The Kier molecular flexibility index (Phi) is 7.68. The van der Waals surface area contributed by atoms with Crippen molar-refractivity contribution in [2.75, 3.05) is 19.6 Å². The maximum absolute atomic E-state index is 4.75. The molecular weight excluding hydrogens is 356 g/mol. The summed E-state index contributed by atoms with van der Waals surface area (Å²) in [4.78, 5) is 6.15. The summed E-state index contributed by atoms with van der Waals surface area (Å²) in [5, 5.41) is 17.7. The lowest BCUT2D eigenvalue weighted by Gasteiger charge is -2.13. The number of aromatic nitrogens is 3. The monoisotopic (exact) mass is 388 g/mol. The largest absolute Gasteiger partial charge is 0.357 e. The second-order valence-electron chi connectivity index (χ2n) is 7.16. The van der Waals surface area contributed by atoms with E-state index in [1.54, 1.807) is 11.3 Å². The molecule has 3 rings (SSSR count). The molecule has 2 aromatic heterocycles. The standard InChI is InChI=1S/C20H32N6S/c1-3-21-20(23-15-16(2)17-9-8-14-27-17)22-12-7-11-19-25-24-18-10-5-4-6-13-26(18)19/h8-9,14,16H,3-7,10-13,15H2,1-2H3,(H2,21,22,23). The quantitative estimate of drug-likeness (QED) is 0.413. The van der Waals surface area contributed by atoms with Crippen LogP contribution in [0.1, 0.15) is 62.0 Å². The minimum atomic E-state index is 0.451. The van der Waals surface area contributed by atoms with Crippen LogP contribution in [0.3, 0.4) is 0 Å². The number of nitrogens with zero attached hydrogens (tertiary/aromatic N) is 4. The summed E-state index contributed by atoms with van der Waals surface area (Å²) in [6, 6.07) is 4.29. The van der Waals surface area contributed by atoms with Gasteiger partial charge in [0.25, 0.3) is 0 Å². The first-order valence-corrected chi connectivity index (χ1v) is 11.1. The van der Waals surface area contributed by atoms with Crippen LogP contribution < -0.4 is 10.6 Å². The van der Waals surface area contributed by atoms with Crippen LogP contribution >= 0.6 is 11.3 Å². The molecule has 1 aliphatic heterocycles. The smallest absolute Gasteiger partial charge is 0.191 e. The summed E-state index contributed by atoms with van der Waals surface area (Å²) in [6.45, 7) is 7.98. The number of aryl methyl sites for hydroxylation is 2. The van der Waals surface area contributed by atoms with Crippen molar-refractivity contribution in [2.24, 2.45) is 4.99 Å². The molecular formula is C20H32N6S. The molecule has 0 saturated carbocycles. The van der Waals surface area contributed by atoms with Crippen LogP contribution in [0.4, 0.5) is 0 Å². The molecule has 0 radical (unpaired) electrons. The van der Waals surface area contributed by atoms with Crippen LogP contribution in [0.15, 0.2) is 22.5 Å². The van der Waals surface area contributed by atoms with Gasteiger partial charge in [0.2, 0.25) is 0 Å². The molecule has 0 saturated heterocycles. The Bertz CT molecular complexity index is 706. The summed E-state index contributed by atoms with van der Waals surface area (Å²) in [5.41, 5.74) is 0. The minimum absolute atomic E-state index is 0.451. The van der Waals surface area contributed by atoms with E-state index in [1.807, 2.05) is 0 Å². The molecule has 0 aliphatic carbocycles. The molecule has 2 aromatic rings. The van der Waals surface area contributed by atoms with Crippen LogP contribution in [0.5, 0.6) is 0 Å². The van der Waals surface area contributed by atoms with Crippen molar-refractivity contribution in [2.45, 2.75) is 64.8 Å². The van der Waals surface area contributed by atoms with Crippen LogP contribution in [0, 0.1) is 0 Å². The highest BCUT2D eigenvalue weighted by Gasteiger charge is 2.14. The van der Waals surface area contributed by atoms with Gasteiger partial charge in [-0.25, -0.2) is 0 Å². The number of fused-ring (bicyclic) bond motifs is 1. The SMILES string of the molecule is CCNC(=NCC(C)c1cccs1)NCCCc1nnc2n1CCCCC2. The first-order valence-electron chi connectivity index (χ1n) is 10.2. The van der Waals surface area contributed by atoms with Crippen LogP contribution in [0.25, 0.3) is 0 Å². The summed E-state index contributed by atoms with van der Waals surface area (Å²) < 4.78 is 2.34. The second kappa shape index (κ2) is 10.4. The van der Waals surface area contributed by atoms with Gasteiger partial charge in [-0.3, -0.25) is 4.99 Å². The van der Waals surface area contributed by atoms with Gasteiger partial charge in [-0.05, 0) is 37.6 Å². The van der Waals surface area contributed by atoms with Gasteiger partial charge < -0.3 is 15.2 Å². The fourth-order valence-electron chi connectivity index (χ4n) is 3.42. The average molecular weight is 389 g/mol. The lowest BCUT2D eigenvalue weighted by molar-refractivity contribution is 0.593. The van der Waals surface area contributed by atoms with E-state index in [4.69, 9.17) is 4.99 Å². The molecule has 27 heavy (non-hydrogen) atoms. The zero-order valence-electron chi connectivity index (χ0n) is 16.6. The molecule has 1 aliphatic rings. The first kappa shape index (κ1) is 19.9. The Morgan fingerprint density at radius 2 is 2.22 bits per heavy atom. The average Bonchev–Trinajstić information content (AvgIpc) is 3.28. The van der Waals surface area contributed by atoms with Gasteiger partial charge in [0.1, 0.15) is 11.6 Å². The molecule has 6 nitrogen and oxygen atoms in total. The zero-order chi connectivity index (χ0) is 18.9. The Balaban J connectivity index is 1.45. The number of nitrogens with one attached hydrogen (secondary N) is 2. The molecule has 1 atom stereocenters. The van der Waals surface area contributed by atoms with E-state index in [2.05, 4.69) is 56.8 Å². The predicted octanol–water partition coefficient (Wildman–Crippen LogP) is 3.36. The normalized spacial score (nSPS) is 15.9. The van der Waals surface area contributed by atoms with Gasteiger partial charge >= 0.3 is 0 Å². The molecule has 7 heteroatoms. The molecule has 0 amide bonds. The van der Waals surface area contributed by atoms with Crippen molar-refractivity contribution in [3.05, 3.63) is 34.0 Å². The van der Waals surface area contributed by atoms with Gasteiger partial charge in [-0.15, -0.1) is 21.5 Å². The minimum Gasteiger partial charge on any atom is -0.357 e. The highest BCUT2D eigenvalue weighted by Crippen LogP contribution is 2.20. The van der Waals surface area contributed by atoms with Gasteiger partial charge in [-0.2, -0.15) is 0 Å². The topological polar surface area (TPSA) is 67.1 Å². The molecule has 0 aromatic carbocycles. The van der Waals surface area contributed by atoms with Gasteiger partial charge in [-0.1, -0.05) is 19.4 Å². The highest BCUT2D eigenvalue weighted by molar-refractivity contribution is 7.10. The van der Waals surface area contributed by atoms with Crippen molar-refractivity contribution in [3.63, 3.8) is 0 Å². The number of aliphatic imine (C=N–C) groups is 1. The summed E-state index contributed by atoms with van der Waals surface area (Å²) in [6.07, 6.45) is 6.86. The summed E-state index contributed by atoms with van der Waals surface area (Å²) in [5.74, 6) is 3.67. The molecule has 3 heterocycles. The molecule has 1 unspecified atom stereocenters. The van der Waals surface area contributed by atoms with E-state index in [9.17, 15) is 0 Å². The third kappa shape index (κ3) is 5.79. The van der Waals surface area contributed by atoms with Crippen molar-refractivity contribution >= 4 is 17.3 Å². The van der Waals surface area contributed by atoms with E-state index in [1.165, 1.54) is 30.0 Å². The highest BCUT2D eigenvalue weighted by atomic mass is 32.1. The Hall–Kier alpha value is -1.89. The van der Waals surface area contributed by atoms with Gasteiger partial charge in [0, 0.05) is 43.3 Å². The Morgan fingerprint density at radius 1 is 1.30 bits per heavy atom. The number of guanidine groups is 1. The summed E-state index contributed by atoms with van der Waals surface area (Å²) in [7, 11) is 0. The van der Waals surface area contributed by atoms with Crippen LogP contribution in [-0.2, 0) is 19.4 Å². The number of thiophene rings is 1. The maximum atomic E-state index is 4.75. The fraction of sp³-hybridized carbons (Fsp3) is 0.650. The molecule has 148 valence electrons. The van der Waals surface area contributed by atoms with Crippen molar-refractivity contribution in [1.29, 1.82) is 0 Å². The number of hydrogen-bond acceptors (Lipinski definition) is 4. The van der Waals surface area contributed by atoms with Crippen molar-refractivity contribution < 1.29 is 0 Å². The van der Waals surface area contributed by atoms with Crippen molar-refractivity contribution in [1.82, 2.24) is 25.4 Å². The van der Waals surface area contributed by atoms with Gasteiger partial charge in [0.15, 0.2) is 5.96 Å². The van der Waals surface area contributed by atoms with E-state index in [0.717, 1.165) is 57.2 Å². The third-order valence-corrected chi connectivity index (χ3v) is 6.06. The fourth-order valence-corrected chi connectivity index (χ4v) is 4.19. The Labute approximate surface area is 166 Å². The number of rotatable bonds is 8. The second-order valence-corrected chi connectivity index (χ2v) is 8.14. The predicted molar refractivity (Wildman–Crippen MR) is 113 cm³/mol. The van der Waals surface area contributed by atoms with E-state index in [-0.39, 0.29) is 0 Å². The molecule has 0 spiro atoms. The molecule has 2 N–H and O–H groups in total. The molecule has 0 bridgehead atoms. The third-order valence-electron chi connectivity index (χ3n) is 4.95. The van der Waals surface area contributed by atoms with Gasteiger partial charge in [0.05, 0.1) is 6.54 Å². The zero-order valence-corrected chi connectivity index (χ0v) is 17.4. The lowest BCUT2D eigenvalue weighted by Crippen LogP contribution is -2.38. The van der Waals surface area contributed by atoms with Crippen LogP contribution in [-0.4, -0.2) is 40.4 Å². The van der Waals surface area contributed by atoms with Crippen LogP contribution in [0.2, 0.25) is 0 Å². The summed E-state index contributed by atoms with van der Waals surface area (Å²) >= 11 is 1.80. The molecule has 0 fully saturated rings. The van der Waals surface area contributed by atoms with Crippen molar-refractivity contribution in [3.8, 4) is 0 Å². The van der Waals surface area contributed by atoms with E-state index < -0.39 is 0 Å². The van der Waals surface area contributed by atoms with E-state index in [0.29, 0.717) is 5.92 Å². The lowest BCUT2D eigenvalue weighted by atomic mass is 10.1. The maximum Gasteiger partial charge on any atom is 0.191 e. The van der Waals surface area contributed by atoms with E-state index >= 15 is 0 Å². The first-order chi connectivity index (χ1) is 13.3. The Morgan fingerprint density at radius 3 is 3.04 bits per heavy atom. The number of hydrogen-bond donors (Lipinski definition) is 2.